The first-order valence-electron chi connectivity index (χ1n) is 10.2. The van der Waals surface area contributed by atoms with Crippen LogP contribution in [0.2, 0.25) is 5.02 Å². The molecule has 0 bridgehead atoms. The lowest BCUT2D eigenvalue weighted by Crippen LogP contribution is -2.41. The summed E-state index contributed by atoms with van der Waals surface area (Å²) in [5, 5.41) is 9.83. The molecule has 6 nitrogen and oxygen atoms in total. The van der Waals surface area contributed by atoms with E-state index >= 15 is 0 Å². The minimum atomic E-state index is -0.324. The highest BCUT2D eigenvalue weighted by molar-refractivity contribution is 8.00. The van der Waals surface area contributed by atoms with Crippen LogP contribution in [0.3, 0.4) is 0 Å². The van der Waals surface area contributed by atoms with E-state index in [0.717, 1.165) is 43.1 Å². The van der Waals surface area contributed by atoms with E-state index in [2.05, 4.69) is 28.6 Å². The molecule has 8 heteroatoms. The third-order valence-electron chi connectivity index (χ3n) is 5.34. The smallest absolute Gasteiger partial charge is 0.260 e. The van der Waals surface area contributed by atoms with Crippen LogP contribution in [0.25, 0.3) is 0 Å². The number of carbonyl (C=O) groups excluding carboxylic acids is 2. The highest BCUT2D eigenvalue weighted by atomic mass is 35.5. The number of halogens is 1. The lowest BCUT2D eigenvalue weighted by Gasteiger charge is -2.22. The SMILES string of the molecule is CC(C)c1nnc(S[C@@H]2CCCCN(C(=O)c3ccc(Cl)cc3)C2=O)n1C1CC1. The molecule has 1 aromatic heterocycles. The van der Waals surface area contributed by atoms with Crippen molar-refractivity contribution in [3.8, 4) is 0 Å². The van der Waals surface area contributed by atoms with Gasteiger partial charge in [-0.3, -0.25) is 14.5 Å². The molecule has 154 valence electrons. The summed E-state index contributed by atoms with van der Waals surface area (Å²) in [5.74, 6) is 0.866. The molecule has 2 heterocycles. The quantitative estimate of drug-likeness (QED) is 0.640. The zero-order valence-electron chi connectivity index (χ0n) is 16.7. The number of imide groups is 1. The fourth-order valence-electron chi connectivity index (χ4n) is 3.63. The number of carbonyl (C=O) groups is 2. The van der Waals surface area contributed by atoms with Gasteiger partial charge in [0, 0.05) is 29.1 Å². The van der Waals surface area contributed by atoms with Crippen molar-refractivity contribution in [2.45, 2.75) is 68.3 Å². The number of hydrogen-bond donors (Lipinski definition) is 0. The molecule has 0 radical (unpaired) electrons. The zero-order chi connectivity index (χ0) is 20.5. The van der Waals surface area contributed by atoms with Gasteiger partial charge in [0.1, 0.15) is 5.82 Å². The predicted octanol–water partition coefficient (Wildman–Crippen LogP) is 4.70. The molecular weight excluding hydrogens is 408 g/mol. The summed E-state index contributed by atoms with van der Waals surface area (Å²) in [5.41, 5.74) is 0.483. The van der Waals surface area contributed by atoms with Crippen LogP contribution in [-0.2, 0) is 4.79 Å². The van der Waals surface area contributed by atoms with Gasteiger partial charge in [-0.15, -0.1) is 10.2 Å². The normalized spacial score (nSPS) is 20.2. The number of rotatable bonds is 5. The predicted molar refractivity (Wildman–Crippen MR) is 113 cm³/mol. The summed E-state index contributed by atoms with van der Waals surface area (Å²) >= 11 is 7.39. The van der Waals surface area contributed by atoms with Crippen molar-refractivity contribution in [2.75, 3.05) is 6.54 Å². The van der Waals surface area contributed by atoms with Crippen LogP contribution >= 0.6 is 23.4 Å². The standard InChI is InChI=1S/C21H25ClN4O2S/c1-13(2)18-23-24-21(26(18)16-10-11-16)29-17-5-3-4-12-25(20(17)28)19(27)14-6-8-15(22)9-7-14/h6-9,13,16-17H,3-5,10-12H2,1-2H3/t17-/m1/s1. The van der Waals surface area contributed by atoms with Crippen LogP contribution < -0.4 is 0 Å². The Balaban J connectivity index is 1.56. The molecule has 2 aliphatic rings. The second-order valence-corrected chi connectivity index (χ2v) is 9.61. The molecule has 29 heavy (non-hydrogen) atoms. The fraction of sp³-hybridized carbons (Fsp3) is 0.524. The van der Waals surface area contributed by atoms with Gasteiger partial charge < -0.3 is 4.57 Å². The summed E-state index contributed by atoms with van der Waals surface area (Å²) in [6, 6.07) is 7.13. The Morgan fingerprint density at radius 1 is 1.14 bits per heavy atom. The minimum Gasteiger partial charge on any atom is -0.303 e. The molecule has 4 rings (SSSR count). The molecule has 1 atom stereocenters. The highest BCUT2D eigenvalue weighted by Gasteiger charge is 2.36. The van der Waals surface area contributed by atoms with E-state index in [1.165, 1.54) is 16.7 Å². The first-order valence-corrected chi connectivity index (χ1v) is 11.4. The van der Waals surface area contributed by atoms with Gasteiger partial charge in [0.15, 0.2) is 5.16 Å². The average Bonchev–Trinajstić information content (AvgIpc) is 3.48. The van der Waals surface area contributed by atoms with Crippen LogP contribution in [0.5, 0.6) is 0 Å². The van der Waals surface area contributed by atoms with Gasteiger partial charge in [-0.1, -0.05) is 43.6 Å². The van der Waals surface area contributed by atoms with Gasteiger partial charge >= 0.3 is 0 Å². The zero-order valence-corrected chi connectivity index (χ0v) is 18.2. The Morgan fingerprint density at radius 3 is 2.52 bits per heavy atom. The number of nitrogens with zero attached hydrogens (tertiary/aromatic N) is 4. The van der Waals surface area contributed by atoms with Crippen molar-refractivity contribution in [1.82, 2.24) is 19.7 Å². The Morgan fingerprint density at radius 2 is 1.86 bits per heavy atom. The maximum Gasteiger partial charge on any atom is 0.260 e. The Labute approximate surface area is 180 Å². The number of thioether (sulfide) groups is 1. The highest BCUT2D eigenvalue weighted by Crippen LogP contribution is 2.41. The molecule has 1 aromatic carbocycles. The summed E-state index contributed by atoms with van der Waals surface area (Å²) in [6.45, 7) is 4.67. The van der Waals surface area contributed by atoms with Gasteiger partial charge in [0.05, 0.1) is 5.25 Å². The van der Waals surface area contributed by atoms with E-state index in [9.17, 15) is 9.59 Å². The summed E-state index contributed by atoms with van der Waals surface area (Å²) in [4.78, 5) is 27.6. The third-order valence-corrected chi connectivity index (χ3v) is 6.81. The van der Waals surface area contributed by atoms with Crippen LogP contribution in [0.15, 0.2) is 29.4 Å². The largest absolute Gasteiger partial charge is 0.303 e. The third kappa shape index (κ3) is 4.36. The van der Waals surface area contributed by atoms with Crippen molar-refractivity contribution in [3.05, 3.63) is 40.7 Å². The van der Waals surface area contributed by atoms with E-state index in [4.69, 9.17) is 11.6 Å². The molecule has 0 spiro atoms. The molecule has 0 N–H and O–H groups in total. The van der Waals surface area contributed by atoms with E-state index in [1.54, 1.807) is 24.3 Å². The Hall–Kier alpha value is -1.86. The van der Waals surface area contributed by atoms with Crippen molar-refractivity contribution in [1.29, 1.82) is 0 Å². The monoisotopic (exact) mass is 432 g/mol. The first kappa shape index (κ1) is 20.4. The summed E-state index contributed by atoms with van der Waals surface area (Å²) < 4.78 is 2.21. The molecular formula is C21H25ClN4O2S. The number of amides is 2. The number of aromatic nitrogens is 3. The maximum atomic E-state index is 13.3. The van der Waals surface area contributed by atoms with Gasteiger partial charge in [0.2, 0.25) is 5.91 Å². The van der Waals surface area contributed by atoms with Crippen LogP contribution in [0, 0.1) is 0 Å². The summed E-state index contributed by atoms with van der Waals surface area (Å²) in [7, 11) is 0. The summed E-state index contributed by atoms with van der Waals surface area (Å²) in [6.07, 6.45) is 4.72. The van der Waals surface area contributed by atoms with Crippen molar-refractivity contribution >= 4 is 35.2 Å². The van der Waals surface area contributed by atoms with Gasteiger partial charge in [-0.2, -0.15) is 0 Å². The molecule has 1 aliphatic heterocycles. The second kappa shape index (κ2) is 8.48. The average molecular weight is 433 g/mol. The molecule has 2 fully saturated rings. The lowest BCUT2D eigenvalue weighted by atomic mass is 10.2. The van der Waals surface area contributed by atoms with Crippen molar-refractivity contribution < 1.29 is 9.59 Å². The first-order chi connectivity index (χ1) is 14.0. The van der Waals surface area contributed by atoms with Gasteiger partial charge in [-0.25, -0.2) is 0 Å². The Kier molecular flexibility index (Phi) is 5.97. The van der Waals surface area contributed by atoms with E-state index in [-0.39, 0.29) is 23.0 Å². The van der Waals surface area contributed by atoms with E-state index < -0.39 is 0 Å². The topological polar surface area (TPSA) is 68.1 Å². The van der Waals surface area contributed by atoms with Gasteiger partial charge in [0.25, 0.3) is 5.91 Å². The van der Waals surface area contributed by atoms with Crippen LogP contribution in [0.4, 0.5) is 0 Å². The van der Waals surface area contributed by atoms with E-state index in [0.29, 0.717) is 23.2 Å². The number of hydrogen-bond acceptors (Lipinski definition) is 5. The molecule has 0 unspecified atom stereocenters. The van der Waals surface area contributed by atoms with Crippen LogP contribution in [-0.4, -0.2) is 43.3 Å². The van der Waals surface area contributed by atoms with Crippen molar-refractivity contribution in [2.24, 2.45) is 0 Å². The molecule has 1 saturated carbocycles. The molecule has 2 aromatic rings. The fourth-order valence-corrected chi connectivity index (χ4v) is 4.97. The maximum absolute atomic E-state index is 13.3. The number of benzene rings is 1. The lowest BCUT2D eigenvalue weighted by molar-refractivity contribution is -0.127. The van der Waals surface area contributed by atoms with Crippen molar-refractivity contribution in [3.63, 3.8) is 0 Å². The van der Waals surface area contributed by atoms with E-state index in [1.807, 2.05) is 0 Å². The van der Waals surface area contributed by atoms with Gasteiger partial charge in [-0.05, 0) is 49.9 Å². The second-order valence-electron chi connectivity index (χ2n) is 8.00. The molecule has 1 saturated heterocycles. The minimum absolute atomic E-state index is 0.135. The number of likely N-dealkylation sites (tertiary alicyclic amines) is 1. The Bertz CT molecular complexity index is 908. The molecule has 2 amide bonds. The molecule has 1 aliphatic carbocycles. The van der Waals surface area contributed by atoms with Crippen LogP contribution in [0.1, 0.15) is 74.1 Å².